The van der Waals surface area contributed by atoms with Crippen molar-refractivity contribution in [2.24, 2.45) is 0 Å². The molecule has 0 saturated heterocycles. The molecule has 0 spiro atoms. The quantitative estimate of drug-likeness (QED) is 0.795. The predicted molar refractivity (Wildman–Crippen MR) is 64.8 cm³/mol. The van der Waals surface area contributed by atoms with Gasteiger partial charge >= 0.3 is 0 Å². The highest BCUT2D eigenvalue weighted by atomic mass is 35.5. The molecule has 1 rings (SSSR count). The summed E-state index contributed by atoms with van der Waals surface area (Å²) in [5.74, 6) is 0. The molecule has 5 nitrogen and oxygen atoms in total. The first-order valence-electron chi connectivity index (χ1n) is 4.84. The van der Waals surface area contributed by atoms with E-state index in [9.17, 15) is 8.42 Å². The zero-order valence-corrected chi connectivity index (χ0v) is 10.7. The van der Waals surface area contributed by atoms with Gasteiger partial charge in [0.25, 0.3) is 10.2 Å². The summed E-state index contributed by atoms with van der Waals surface area (Å²) in [7, 11) is -3.56. The second-order valence-electron chi connectivity index (χ2n) is 3.35. The number of anilines is 1. The van der Waals surface area contributed by atoms with Crippen molar-refractivity contribution in [1.29, 1.82) is 0 Å². The van der Waals surface area contributed by atoms with Gasteiger partial charge in [-0.25, -0.2) is 4.98 Å². The second-order valence-corrected chi connectivity index (χ2v) is 5.21. The van der Waals surface area contributed by atoms with Gasteiger partial charge in [0.2, 0.25) is 0 Å². The van der Waals surface area contributed by atoms with E-state index in [2.05, 4.69) is 14.4 Å². The van der Waals surface area contributed by atoms with Crippen molar-refractivity contribution in [3.05, 3.63) is 23.0 Å². The Labute approximate surface area is 100 Å². The summed E-state index contributed by atoms with van der Waals surface area (Å²) < 4.78 is 27.7. The monoisotopic (exact) mass is 263 g/mol. The summed E-state index contributed by atoms with van der Waals surface area (Å²) in [6.07, 6.45) is 2.29. The molecule has 1 heterocycles. The lowest BCUT2D eigenvalue weighted by Gasteiger charge is -2.09. The highest BCUT2D eigenvalue weighted by Crippen LogP contribution is 2.20. The van der Waals surface area contributed by atoms with Gasteiger partial charge in [0.1, 0.15) is 0 Å². The van der Waals surface area contributed by atoms with E-state index in [1.807, 2.05) is 6.92 Å². The third kappa shape index (κ3) is 3.96. The van der Waals surface area contributed by atoms with Crippen molar-refractivity contribution in [3.8, 4) is 0 Å². The van der Waals surface area contributed by atoms with E-state index in [1.165, 1.54) is 0 Å². The maximum Gasteiger partial charge on any atom is 0.299 e. The molecule has 0 aliphatic heterocycles. The van der Waals surface area contributed by atoms with Gasteiger partial charge in [-0.05, 0) is 25.0 Å². The smallest absolute Gasteiger partial charge is 0.268 e. The molecule has 0 fully saturated rings. The van der Waals surface area contributed by atoms with Crippen LogP contribution >= 0.6 is 11.6 Å². The van der Waals surface area contributed by atoms with E-state index < -0.39 is 10.2 Å². The molecule has 0 radical (unpaired) electrons. The van der Waals surface area contributed by atoms with Gasteiger partial charge in [-0.15, -0.1) is 0 Å². The number of aryl methyl sites for hydroxylation is 1. The Morgan fingerprint density at radius 3 is 2.81 bits per heavy atom. The van der Waals surface area contributed by atoms with Crippen LogP contribution in [-0.2, 0) is 10.2 Å². The van der Waals surface area contributed by atoms with Crippen LogP contribution in [0.1, 0.15) is 18.9 Å². The normalized spacial score (nSPS) is 11.4. The third-order valence-electron chi connectivity index (χ3n) is 1.76. The summed E-state index contributed by atoms with van der Waals surface area (Å²) in [5, 5.41) is 0.132. The molecule has 0 amide bonds. The highest BCUT2D eigenvalue weighted by molar-refractivity contribution is 7.90. The Hall–Kier alpha value is -0.850. The van der Waals surface area contributed by atoms with Crippen molar-refractivity contribution >= 4 is 27.5 Å². The van der Waals surface area contributed by atoms with Crippen molar-refractivity contribution in [2.45, 2.75) is 20.3 Å². The lowest BCUT2D eigenvalue weighted by atomic mass is 10.3. The van der Waals surface area contributed by atoms with Gasteiger partial charge in [0.15, 0.2) is 5.15 Å². The largest absolute Gasteiger partial charge is 0.299 e. The maximum atomic E-state index is 11.5. The van der Waals surface area contributed by atoms with Gasteiger partial charge < -0.3 is 0 Å². The zero-order chi connectivity index (χ0) is 12.2. The topological polar surface area (TPSA) is 71.1 Å². The van der Waals surface area contributed by atoms with Crippen molar-refractivity contribution in [1.82, 2.24) is 9.71 Å². The Morgan fingerprint density at radius 2 is 2.19 bits per heavy atom. The van der Waals surface area contributed by atoms with Crippen LogP contribution in [0.3, 0.4) is 0 Å². The SMILES string of the molecule is CCCNS(=O)(=O)Nc1cc(C)cnc1Cl. The molecule has 16 heavy (non-hydrogen) atoms. The number of pyridine rings is 1. The summed E-state index contributed by atoms with van der Waals surface area (Å²) in [5.41, 5.74) is 1.11. The number of hydrogen-bond acceptors (Lipinski definition) is 3. The second kappa shape index (κ2) is 5.47. The summed E-state index contributed by atoms with van der Waals surface area (Å²) >= 11 is 5.77. The van der Waals surface area contributed by atoms with Crippen LogP contribution in [-0.4, -0.2) is 19.9 Å². The van der Waals surface area contributed by atoms with Crippen molar-refractivity contribution in [2.75, 3.05) is 11.3 Å². The fourth-order valence-corrected chi connectivity index (χ4v) is 2.24. The Bertz CT molecular complexity index is 462. The molecule has 0 aliphatic carbocycles. The fourth-order valence-electron chi connectivity index (χ4n) is 1.04. The average Bonchev–Trinajstić information content (AvgIpc) is 2.20. The van der Waals surface area contributed by atoms with E-state index in [4.69, 9.17) is 11.6 Å². The number of nitrogens with zero attached hydrogens (tertiary/aromatic N) is 1. The molecule has 0 aromatic carbocycles. The minimum Gasteiger partial charge on any atom is -0.268 e. The number of halogens is 1. The summed E-state index contributed by atoms with van der Waals surface area (Å²) in [6.45, 7) is 4.07. The zero-order valence-electron chi connectivity index (χ0n) is 9.12. The third-order valence-corrected chi connectivity index (χ3v) is 3.14. The first kappa shape index (κ1) is 13.2. The van der Waals surface area contributed by atoms with E-state index in [1.54, 1.807) is 19.2 Å². The molecule has 0 saturated carbocycles. The Kier molecular flexibility index (Phi) is 4.52. The molecule has 0 atom stereocenters. The van der Waals surface area contributed by atoms with Crippen LogP contribution in [0.5, 0.6) is 0 Å². The van der Waals surface area contributed by atoms with Crippen LogP contribution in [0.25, 0.3) is 0 Å². The van der Waals surface area contributed by atoms with Crippen molar-refractivity contribution < 1.29 is 8.42 Å². The van der Waals surface area contributed by atoms with Crippen LogP contribution < -0.4 is 9.44 Å². The van der Waals surface area contributed by atoms with Gasteiger partial charge in [-0.1, -0.05) is 18.5 Å². The van der Waals surface area contributed by atoms with Gasteiger partial charge in [-0.3, -0.25) is 4.72 Å². The van der Waals surface area contributed by atoms with Gasteiger partial charge in [-0.2, -0.15) is 13.1 Å². The number of rotatable bonds is 5. The Balaban J connectivity index is 2.83. The first-order valence-corrected chi connectivity index (χ1v) is 6.70. The molecule has 0 bridgehead atoms. The molecule has 1 aromatic rings. The fraction of sp³-hybridized carbons (Fsp3) is 0.444. The molecule has 2 N–H and O–H groups in total. The van der Waals surface area contributed by atoms with Crippen LogP contribution in [0.2, 0.25) is 5.15 Å². The van der Waals surface area contributed by atoms with E-state index in [-0.39, 0.29) is 10.8 Å². The molecule has 0 aliphatic rings. The number of aromatic nitrogens is 1. The van der Waals surface area contributed by atoms with E-state index >= 15 is 0 Å². The first-order chi connectivity index (χ1) is 7.44. The molecular formula is C9H14ClN3O2S. The molecule has 7 heteroatoms. The van der Waals surface area contributed by atoms with Crippen LogP contribution in [0.4, 0.5) is 5.69 Å². The van der Waals surface area contributed by atoms with Crippen molar-refractivity contribution in [3.63, 3.8) is 0 Å². The van der Waals surface area contributed by atoms with E-state index in [0.29, 0.717) is 6.54 Å². The average molecular weight is 264 g/mol. The Morgan fingerprint density at radius 1 is 1.50 bits per heavy atom. The molecule has 1 aromatic heterocycles. The lowest BCUT2D eigenvalue weighted by Crippen LogP contribution is -2.30. The van der Waals surface area contributed by atoms with Gasteiger partial charge in [0, 0.05) is 12.7 Å². The van der Waals surface area contributed by atoms with E-state index in [0.717, 1.165) is 12.0 Å². The van der Waals surface area contributed by atoms with Crippen LogP contribution in [0.15, 0.2) is 12.3 Å². The number of nitrogens with one attached hydrogen (secondary N) is 2. The minimum absolute atomic E-state index is 0.132. The number of hydrogen-bond donors (Lipinski definition) is 2. The predicted octanol–water partition coefficient (Wildman–Crippen LogP) is 1.70. The molecule has 90 valence electrons. The van der Waals surface area contributed by atoms with Crippen LogP contribution in [0, 0.1) is 6.92 Å². The standard InChI is InChI=1S/C9H14ClN3O2S/c1-3-4-12-16(14,15)13-8-5-7(2)6-11-9(8)10/h5-6,12-13H,3-4H2,1-2H3. The molecule has 0 unspecified atom stereocenters. The lowest BCUT2D eigenvalue weighted by molar-refractivity contribution is 0.586. The summed E-state index contributed by atoms with van der Waals surface area (Å²) in [4.78, 5) is 3.85. The minimum atomic E-state index is -3.56. The maximum absolute atomic E-state index is 11.5. The summed E-state index contributed by atoms with van der Waals surface area (Å²) in [6, 6.07) is 1.63. The highest BCUT2D eigenvalue weighted by Gasteiger charge is 2.11. The molecular weight excluding hydrogens is 250 g/mol. The van der Waals surface area contributed by atoms with Gasteiger partial charge in [0.05, 0.1) is 5.69 Å².